The lowest BCUT2D eigenvalue weighted by Crippen LogP contribution is -2.45. The second kappa shape index (κ2) is 14.0. The highest BCUT2D eigenvalue weighted by Gasteiger charge is 2.52. The highest BCUT2D eigenvalue weighted by Crippen LogP contribution is 2.53. The molecule has 12 nitrogen and oxygen atoms in total. The molecule has 52 heavy (non-hydrogen) atoms. The van der Waals surface area contributed by atoms with Crippen LogP contribution in [0.4, 0.5) is 0 Å². The molecule has 1 aliphatic carbocycles. The Morgan fingerprint density at radius 1 is 0.596 bits per heavy atom. The van der Waals surface area contributed by atoms with Crippen molar-refractivity contribution in [2.75, 3.05) is 14.2 Å². The van der Waals surface area contributed by atoms with E-state index in [1.54, 1.807) is 20.8 Å². The smallest absolute Gasteiger partial charge is 0.386 e. The van der Waals surface area contributed by atoms with Gasteiger partial charge in [0, 0.05) is 11.1 Å². The van der Waals surface area contributed by atoms with Crippen molar-refractivity contribution in [3.8, 4) is 23.0 Å². The van der Waals surface area contributed by atoms with Gasteiger partial charge < -0.3 is 29.2 Å². The lowest BCUT2D eigenvalue weighted by atomic mass is 9.66. The summed E-state index contributed by atoms with van der Waals surface area (Å²) in [6.07, 6.45) is 4.00. The molecule has 4 aromatic carbocycles. The third-order valence-electron chi connectivity index (χ3n) is 8.57. The molecule has 1 aliphatic rings. The van der Waals surface area contributed by atoms with Gasteiger partial charge in [-0.15, -0.1) is 0 Å². The standard InChI is InChI=1S/C40H34O12/c1-38(2,3)33-22-39(51-36(47)23-6-10-25(41)11-7-23,31-20-27(49-4)14-16-29(31)34(43)44)18-19-40(33,52-37(48)24-8-12-26(42)13-9-24)32-21-28(50-5)15-17-30(32)35(45)46/h6-22,41-42H,1-5H3. The number of phenols is 2. The molecule has 0 aliphatic heterocycles. The van der Waals surface area contributed by atoms with Gasteiger partial charge in [0.15, 0.2) is 11.2 Å². The maximum atomic E-state index is 14.0. The summed E-state index contributed by atoms with van der Waals surface area (Å²) in [7, 11) is 2.72. The summed E-state index contributed by atoms with van der Waals surface area (Å²) in [6.45, 7) is 5.20. The number of ether oxygens (including phenoxy) is 4. The monoisotopic (exact) mass is 706 g/mol. The van der Waals surface area contributed by atoms with Crippen LogP contribution in [0.15, 0.2) is 109 Å². The van der Waals surface area contributed by atoms with Crippen molar-refractivity contribution in [3.63, 3.8) is 0 Å². The van der Waals surface area contributed by atoms with Crippen molar-refractivity contribution in [1.29, 1.82) is 0 Å². The Morgan fingerprint density at radius 3 is 1.48 bits per heavy atom. The minimum absolute atomic E-state index is 0.000594. The molecule has 0 heterocycles. The molecule has 0 aromatic heterocycles. The number of carbonyl (C=O) groups excluding carboxylic acids is 4. The zero-order valence-corrected chi connectivity index (χ0v) is 28.8. The first-order valence-electron chi connectivity index (χ1n) is 15.8. The van der Waals surface area contributed by atoms with Crippen LogP contribution in [-0.2, 0) is 30.9 Å². The van der Waals surface area contributed by atoms with Gasteiger partial charge in [-0.05, 0) is 114 Å². The van der Waals surface area contributed by atoms with Gasteiger partial charge >= 0.3 is 23.9 Å². The Balaban J connectivity index is 1.88. The number of rotatable bonds is 10. The SMILES string of the molecule is COc1ccc(C([O])=O)c(C2(OC(=O)c3ccc(O)cc3)C=CC(OC(=O)c3ccc(O)cc3)(c3cc(OC)ccc3C([O])=O)C(C(C)(C)C)=C2)c1. The van der Waals surface area contributed by atoms with Crippen molar-refractivity contribution in [3.05, 3.63) is 142 Å². The van der Waals surface area contributed by atoms with Gasteiger partial charge in [0.25, 0.3) is 0 Å². The maximum absolute atomic E-state index is 14.0. The van der Waals surface area contributed by atoms with Crippen LogP contribution in [0.2, 0.25) is 0 Å². The third-order valence-corrected chi connectivity index (χ3v) is 8.57. The van der Waals surface area contributed by atoms with E-state index >= 15 is 0 Å². The van der Waals surface area contributed by atoms with Gasteiger partial charge in [-0.1, -0.05) is 20.8 Å². The van der Waals surface area contributed by atoms with Crippen LogP contribution < -0.4 is 9.47 Å². The quantitative estimate of drug-likeness (QED) is 0.134. The average Bonchev–Trinajstić information content (AvgIpc) is 3.11. The fourth-order valence-electron chi connectivity index (χ4n) is 6.04. The normalized spacial score (nSPS) is 18.1. The number of hydrogen-bond acceptors (Lipinski definition) is 10. The van der Waals surface area contributed by atoms with Crippen LogP contribution in [0.1, 0.15) is 73.3 Å². The van der Waals surface area contributed by atoms with E-state index in [0.717, 1.165) is 0 Å². The number of aromatic hydroxyl groups is 2. The summed E-state index contributed by atoms with van der Waals surface area (Å²) in [6, 6.07) is 18.3. The first-order valence-corrected chi connectivity index (χ1v) is 15.8. The first kappa shape index (κ1) is 36.7. The van der Waals surface area contributed by atoms with Crippen LogP contribution in [0.25, 0.3) is 0 Å². The van der Waals surface area contributed by atoms with Gasteiger partial charge in [0.1, 0.15) is 23.0 Å². The number of phenolic OH excluding ortho intramolecular Hbond substituents is 2. The molecule has 0 fully saturated rings. The van der Waals surface area contributed by atoms with Gasteiger partial charge in [-0.3, -0.25) is 0 Å². The van der Waals surface area contributed by atoms with E-state index in [2.05, 4.69) is 0 Å². The summed E-state index contributed by atoms with van der Waals surface area (Å²) in [5, 5.41) is 45.0. The number of esters is 2. The molecule has 0 saturated carbocycles. The molecule has 0 spiro atoms. The van der Waals surface area contributed by atoms with E-state index in [9.17, 15) is 39.6 Å². The molecule has 2 N–H and O–H groups in total. The van der Waals surface area contributed by atoms with Gasteiger partial charge in [0.2, 0.25) is 0 Å². The molecule has 0 saturated heterocycles. The third kappa shape index (κ3) is 7.04. The number of methoxy groups -OCH3 is 2. The first-order chi connectivity index (χ1) is 24.5. The summed E-state index contributed by atoms with van der Waals surface area (Å²) in [5.74, 6) is -4.93. The molecular formula is C40H34O12. The Kier molecular flexibility index (Phi) is 9.87. The number of carbonyl (C=O) groups is 4. The molecule has 0 bridgehead atoms. The molecule has 5 rings (SSSR count). The summed E-state index contributed by atoms with van der Waals surface area (Å²) >= 11 is 0. The predicted molar refractivity (Wildman–Crippen MR) is 183 cm³/mol. The van der Waals surface area contributed by atoms with Crippen LogP contribution >= 0.6 is 0 Å². The Hall–Kier alpha value is -6.56. The molecule has 4 aromatic rings. The van der Waals surface area contributed by atoms with Crippen molar-refractivity contribution in [2.24, 2.45) is 5.41 Å². The molecular weight excluding hydrogens is 672 g/mol. The topological polar surface area (TPSA) is 185 Å². The summed E-state index contributed by atoms with van der Waals surface area (Å²) < 4.78 is 23.4. The van der Waals surface area contributed by atoms with E-state index in [4.69, 9.17) is 18.9 Å². The second-order valence-corrected chi connectivity index (χ2v) is 12.9. The molecule has 2 atom stereocenters. The minimum Gasteiger partial charge on any atom is -0.508 e. The lowest BCUT2D eigenvalue weighted by Gasteiger charge is -2.45. The van der Waals surface area contributed by atoms with Crippen LogP contribution in [0.5, 0.6) is 23.0 Å². The van der Waals surface area contributed by atoms with Crippen LogP contribution in [-0.4, -0.2) is 48.3 Å². The maximum Gasteiger partial charge on any atom is 0.386 e. The van der Waals surface area contributed by atoms with Gasteiger partial charge in [0.05, 0.1) is 36.5 Å². The zero-order valence-electron chi connectivity index (χ0n) is 28.8. The van der Waals surface area contributed by atoms with Crippen molar-refractivity contribution in [2.45, 2.75) is 32.0 Å². The fraction of sp³-hybridized carbons (Fsp3) is 0.200. The number of benzene rings is 4. The van der Waals surface area contributed by atoms with Crippen molar-refractivity contribution < 1.29 is 58.6 Å². The van der Waals surface area contributed by atoms with E-state index in [1.807, 2.05) is 0 Å². The van der Waals surface area contributed by atoms with E-state index < -0.39 is 40.5 Å². The molecule has 2 unspecified atom stereocenters. The second-order valence-electron chi connectivity index (χ2n) is 12.9. The zero-order chi connectivity index (χ0) is 38.0. The molecule has 266 valence electrons. The lowest BCUT2D eigenvalue weighted by molar-refractivity contribution is -0.00328. The number of hydrogen-bond donors (Lipinski definition) is 2. The highest BCUT2D eigenvalue weighted by atomic mass is 16.6. The molecule has 12 heteroatoms. The predicted octanol–water partition coefficient (Wildman–Crippen LogP) is 6.60. The van der Waals surface area contributed by atoms with Gasteiger partial charge in [-0.25, -0.2) is 29.4 Å². The minimum atomic E-state index is -2.09. The fourth-order valence-corrected chi connectivity index (χ4v) is 6.04. The largest absolute Gasteiger partial charge is 0.508 e. The van der Waals surface area contributed by atoms with Crippen molar-refractivity contribution >= 4 is 23.9 Å². The average molecular weight is 707 g/mol. The van der Waals surface area contributed by atoms with Crippen LogP contribution in [0, 0.1) is 5.41 Å². The Morgan fingerprint density at radius 2 is 1.04 bits per heavy atom. The summed E-state index contributed by atoms with van der Waals surface area (Å²) in [5.41, 5.74) is -6.05. The highest BCUT2D eigenvalue weighted by molar-refractivity contribution is 5.94. The van der Waals surface area contributed by atoms with Gasteiger partial charge in [-0.2, -0.15) is 0 Å². The Bertz CT molecular complexity index is 2110. The molecule has 0 amide bonds. The van der Waals surface area contributed by atoms with Crippen molar-refractivity contribution in [1.82, 2.24) is 0 Å². The van der Waals surface area contributed by atoms with E-state index in [1.165, 1.54) is 117 Å². The van der Waals surface area contributed by atoms with Crippen LogP contribution in [0.3, 0.4) is 0 Å². The summed E-state index contributed by atoms with van der Waals surface area (Å²) in [4.78, 5) is 53.2. The van der Waals surface area contributed by atoms with E-state index in [-0.39, 0.29) is 62.0 Å². The van der Waals surface area contributed by atoms with E-state index in [0.29, 0.717) is 0 Å². The Labute approximate surface area is 298 Å². The molecule has 2 radical (unpaired) electrons.